The van der Waals surface area contributed by atoms with Crippen molar-refractivity contribution in [2.45, 2.75) is 72.1 Å². The van der Waals surface area contributed by atoms with E-state index in [9.17, 15) is 22.4 Å². The summed E-state index contributed by atoms with van der Waals surface area (Å²) in [6, 6.07) is 3.26. The molecule has 3 saturated carbocycles. The summed E-state index contributed by atoms with van der Waals surface area (Å²) in [5.41, 5.74) is -0.489. The SMILES string of the molecule is Cc1cc(N2CCO[C@H](C34CC(C(F)(F)F)(C3)C4)CC2)cc(F)c1NC(=O)CC(C)(C)C. The van der Waals surface area contributed by atoms with Crippen molar-refractivity contribution in [1.82, 2.24) is 0 Å². The molecule has 3 aliphatic carbocycles. The molecule has 1 aromatic rings. The first-order chi connectivity index (χ1) is 14.7. The summed E-state index contributed by atoms with van der Waals surface area (Å²) in [6.45, 7) is 9.15. The van der Waals surface area contributed by atoms with E-state index in [1.54, 1.807) is 6.92 Å². The van der Waals surface area contributed by atoms with Gasteiger partial charge in [0.25, 0.3) is 0 Å². The van der Waals surface area contributed by atoms with Gasteiger partial charge in [0.2, 0.25) is 5.91 Å². The van der Waals surface area contributed by atoms with Crippen LogP contribution < -0.4 is 10.2 Å². The van der Waals surface area contributed by atoms with Gasteiger partial charge in [0.15, 0.2) is 0 Å². The zero-order chi connectivity index (χ0) is 23.5. The first-order valence-corrected chi connectivity index (χ1v) is 11.3. The molecule has 2 bridgehead atoms. The van der Waals surface area contributed by atoms with Crippen LogP contribution in [-0.2, 0) is 9.53 Å². The van der Waals surface area contributed by atoms with Crippen LogP contribution in [0.15, 0.2) is 12.1 Å². The smallest absolute Gasteiger partial charge is 0.376 e. The first kappa shape index (κ1) is 23.3. The van der Waals surface area contributed by atoms with Gasteiger partial charge in [-0.15, -0.1) is 0 Å². The number of ether oxygens (including phenoxy) is 1. The van der Waals surface area contributed by atoms with Gasteiger partial charge < -0.3 is 15.0 Å². The average molecular weight is 457 g/mol. The van der Waals surface area contributed by atoms with Gasteiger partial charge in [-0.05, 0) is 61.1 Å². The number of aryl methyl sites for hydroxylation is 1. The summed E-state index contributed by atoms with van der Waals surface area (Å²) in [6.07, 6.45) is -2.88. The lowest BCUT2D eigenvalue weighted by atomic mass is 9.33. The Hall–Kier alpha value is -1.83. The van der Waals surface area contributed by atoms with Crippen molar-refractivity contribution in [3.05, 3.63) is 23.5 Å². The standard InChI is InChI=1S/C24H32F4N2O2/c1-15-9-16(10-17(25)20(15)29-19(31)11-21(2,3)4)30-6-5-18(32-8-7-30)22-12-23(13-22,14-22)24(26,27)28/h9-10,18H,5-8,11-14H2,1-4H3,(H,29,31)/t18-,22?,23?/m0/s1. The van der Waals surface area contributed by atoms with Crippen molar-refractivity contribution in [3.8, 4) is 0 Å². The van der Waals surface area contributed by atoms with E-state index in [0.717, 1.165) is 0 Å². The van der Waals surface area contributed by atoms with E-state index in [-0.39, 0.29) is 54.2 Å². The number of nitrogens with one attached hydrogen (secondary N) is 1. The number of rotatable bonds is 4. The van der Waals surface area contributed by atoms with Crippen LogP contribution in [0.25, 0.3) is 0 Å². The number of halogens is 4. The van der Waals surface area contributed by atoms with Crippen LogP contribution in [0.4, 0.5) is 28.9 Å². The third-order valence-electron chi connectivity index (χ3n) is 7.29. The van der Waals surface area contributed by atoms with Gasteiger partial charge in [0.1, 0.15) is 5.82 Å². The van der Waals surface area contributed by atoms with E-state index in [1.807, 2.05) is 31.7 Å². The fraction of sp³-hybridized carbons (Fsp3) is 0.708. The van der Waals surface area contributed by atoms with Crippen molar-refractivity contribution < 1.29 is 27.1 Å². The Labute approximate surface area is 186 Å². The Morgan fingerprint density at radius 3 is 2.41 bits per heavy atom. The molecule has 4 nitrogen and oxygen atoms in total. The molecule has 1 aliphatic heterocycles. The van der Waals surface area contributed by atoms with Crippen LogP contribution in [0, 0.1) is 29.0 Å². The second-order valence-corrected chi connectivity index (χ2v) is 11.2. The number of amides is 1. The molecule has 0 spiro atoms. The fourth-order valence-corrected chi connectivity index (χ4v) is 5.76. The molecule has 178 valence electrons. The molecule has 0 aromatic heterocycles. The lowest BCUT2D eigenvalue weighted by molar-refractivity contribution is -0.383. The first-order valence-electron chi connectivity index (χ1n) is 11.3. The molecule has 5 rings (SSSR count). The van der Waals surface area contributed by atoms with E-state index in [4.69, 9.17) is 4.74 Å². The minimum Gasteiger partial charge on any atom is -0.376 e. The summed E-state index contributed by atoms with van der Waals surface area (Å²) in [7, 11) is 0. The zero-order valence-electron chi connectivity index (χ0n) is 19.2. The van der Waals surface area contributed by atoms with E-state index >= 15 is 0 Å². The topological polar surface area (TPSA) is 41.6 Å². The van der Waals surface area contributed by atoms with E-state index in [0.29, 0.717) is 37.4 Å². The van der Waals surface area contributed by atoms with Crippen LogP contribution in [0.2, 0.25) is 0 Å². The largest absolute Gasteiger partial charge is 0.394 e. The Morgan fingerprint density at radius 2 is 1.84 bits per heavy atom. The van der Waals surface area contributed by atoms with Crippen molar-refractivity contribution in [3.63, 3.8) is 0 Å². The number of benzene rings is 1. The van der Waals surface area contributed by atoms with Crippen molar-refractivity contribution in [1.29, 1.82) is 0 Å². The molecule has 4 aliphatic rings. The van der Waals surface area contributed by atoms with Crippen molar-refractivity contribution in [2.75, 3.05) is 29.9 Å². The maximum absolute atomic E-state index is 14.9. The van der Waals surface area contributed by atoms with Crippen LogP contribution in [0.3, 0.4) is 0 Å². The van der Waals surface area contributed by atoms with Crippen molar-refractivity contribution >= 4 is 17.3 Å². The van der Waals surface area contributed by atoms with Crippen LogP contribution in [-0.4, -0.2) is 37.9 Å². The quantitative estimate of drug-likeness (QED) is 0.579. The highest BCUT2D eigenvalue weighted by molar-refractivity contribution is 5.92. The maximum atomic E-state index is 14.9. The van der Waals surface area contributed by atoms with Gasteiger partial charge in [-0.25, -0.2) is 4.39 Å². The number of anilines is 2. The predicted octanol–water partition coefficient (Wildman–Crippen LogP) is 5.84. The second-order valence-electron chi connectivity index (χ2n) is 11.2. The number of nitrogens with zero attached hydrogens (tertiary/aromatic N) is 1. The Morgan fingerprint density at radius 1 is 1.19 bits per heavy atom. The molecule has 4 fully saturated rings. The van der Waals surface area contributed by atoms with Crippen LogP contribution in [0.5, 0.6) is 0 Å². The average Bonchev–Trinajstić information content (AvgIpc) is 2.79. The molecule has 1 saturated heterocycles. The molecule has 32 heavy (non-hydrogen) atoms. The second kappa shape index (κ2) is 7.61. The Balaban J connectivity index is 1.39. The third-order valence-corrected chi connectivity index (χ3v) is 7.29. The molecular formula is C24H32F4N2O2. The van der Waals surface area contributed by atoms with Crippen LogP contribution in [0.1, 0.15) is 58.4 Å². The summed E-state index contributed by atoms with van der Waals surface area (Å²) in [4.78, 5) is 14.3. The third kappa shape index (κ3) is 4.11. The number of carbonyl (C=O) groups excluding carboxylic acids is 1. The predicted molar refractivity (Wildman–Crippen MR) is 115 cm³/mol. The molecule has 1 heterocycles. The maximum Gasteiger partial charge on any atom is 0.394 e. The van der Waals surface area contributed by atoms with Gasteiger partial charge in [-0.1, -0.05) is 20.8 Å². The van der Waals surface area contributed by atoms with Crippen molar-refractivity contribution in [2.24, 2.45) is 16.2 Å². The fourth-order valence-electron chi connectivity index (χ4n) is 5.76. The molecule has 0 radical (unpaired) electrons. The highest BCUT2D eigenvalue weighted by Crippen LogP contribution is 2.80. The Bertz CT molecular complexity index is 863. The molecule has 1 amide bonds. The molecular weight excluding hydrogens is 424 g/mol. The number of hydrogen-bond acceptors (Lipinski definition) is 3. The number of hydrogen-bond donors (Lipinski definition) is 1. The molecule has 1 atom stereocenters. The van der Waals surface area contributed by atoms with Gasteiger partial charge in [-0.2, -0.15) is 13.2 Å². The molecule has 1 N–H and O–H groups in total. The molecule has 1 aromatic carbocycles. The van der Waals surface area contributed by atoms with Gasteiger partial charge in [0.05, 0.1) is 23.8 Å². The summed E-state index contributed by atoms with van der Waals surface area (Å²) in [5.74, 6) is -0.719. The molecule has 0 unspecified atom stereocenters. The Kier molecular flexibility index (Phi) is 5.55. The minimum absolute atomic E-state index is 0.171. The minimum atomic E-state index is -4.12. The van der Waals surface area contributed by atoms with Gasteiger partial charge >= 0.3 is 6.18 Å². The lowest BCUT2D eigenvalue weighted by Crippen LogP contribution is -2.72. The monoisotopic (exact) mass is 456 g/mol. The summed E-state index contributed by atoms with van der Waals surface area (Å²) >= 11 is 0. The lowest BCUT2D eigenvalue weighted by Gasteiger charge is -2.72. The number of carbonyl (C=O) groups is 1. The van der Waals surface area contributed by atoms with E-state index in [1.165, 1.54) is 6.07 Å². The highest BCUT2D eigenvalue weighted by atomic mass is 19.4. The van der Waals surface area contributed by atoms with Crippen LogP contribution >= 0.6 is 0 Å². The van der Waals surface area contributed by atoms with Gasteiger partial charge in [-0.3, -0.25) is 4.79 Å². The summed E-state index contributed by atoms with van der Waals surface area (Å²) < 4.78 is 60.4. The van der Waals surface area contributed by atoms with Gasteiger partial charge in [0, 0.05) is 25.2 Å². The zero-order valence-corrected chi connectivity index (χ0v) is 19.2. The number of alkyl halides is 3. The highest BCUT2D eigenvalue weighted by Gasteiger charge is 2.80. The van der Waals surface area contributed by atoms with E-state index < -0.39 is 17.4 Å². The normalized spacial score (nSPS) is 30.2. The summed E-state index contributed by atoms with van der Waals surface area (Å²) in [5, 5.41) is 2.69. The van der Waals surface area contributed by atoms with E-state index in [2.05, 4.69) is 5.32 Å². The molecule has 8 heteroatoms.